The SMILES string of the molecule is CC1[C@@]23[C@H]4C=C[C@@H](C4)[C@@]12[C@H]1C[C@H]3[C@@H](S(=O)(=O)c2ccccc2)[C@H]1S(=O)(=O)c1ccccc1. The number of allylic oxidation sites excluding steroid dienone is 2. The van der Waals surface area contributed by atoms with Crippen LogP contribution in [0, 0.1) is 40.4 Å². The Labute approximate surface area is 189 Å². The van der Waals surface area contributed by atoms with Crippen LogP contribution in [0.4, 0.5) is 0 Å². The number of rotatable bonds is 4. The number of fused-ring (bicyclic) bond motifs is 4. The summed E-state index contributed by atoms with van der Waals surface area (Å²) in [6.45, 7) is 2.26. The van der Waals surface area contributed by atoms with E-state index >= 15 is 0 Å². The topological polar surface area (TPSA) is 68.3 Å². The van der Waals surface area contributed by atoms with Crippen LogP contribution in [-0.2, 0) is 19.7 Å². The van der Waals surface area contributed by atoms with Crippen LogP contribution in [0.15, 0.2) is 82.6 Å². The molecule has 166 valence electrons. The fraction of sp³-hybridized carbons (Fsp3) is 0.462. The molecule has 0 spiro atoms. The van der Waals surface area contributed by atoms with E-state index in [0.717, 1.165) is 6.42 Å². The summed E-state index contributed by atoms with van der Waals surface area (Å²) >= 11 is 0. The summed E-state index contributed by atoms with van der Waals surface area (Å²) in [5, 5.41) is -1.77. The van der Waals surface area contributed by atoms with E-state index in [2.05, 4.69) is 19.1 Å². The molecule has 0 aromatic heterocycles. The van der Waals surface area contributed by atoms with Crippen molar-refractivity contribution in [3.8, 4) is 0 Å². The van der Waals surface area contributed by atoms with Crippen molar-refractivity contribution in [2.75, 3.05) is 0 Å². The van der Waals surface area contributed by atoms with E-state index in [-0.39, 0.29) is 32.5 Å². The lowest BCUT2D eigenvalue weighted by atomic mass is 9.73. The molecule has 0 aliphatic heterocycles. The monoisotopic (exact) mass is 466 g/mol. The highest BCUT2D eigenvalue weighted by Gasteiger charge is 2.95. The minimum absolute atomic E-state index is 0.0354. The first-order valence-corrected chi connectivity index (χ1v) is 14.7. The minimum atomic E-state index is -3.81. The molecule has 0 N–H and O–H groups in total. The molecule has 1 unspecified atom stereocenters. The van der Waals surface area contributed by atoms with E-state index in [0.29, 0.717) is 24.2 Å². The Bertz CT molecular complexity index is 1260. The smallest absolute Gasteiger partial charge is 0.182 e. The van der Waals surface area contributed by atoms with Crippen LogP contribution in [0.5, 0.6) is 0 Å². The molecule has 4 bridgehead atoms. The van der Waals surface area contributed by atoms with Gasteiger partial charge in [0.15, 0.2) is 19.7 Å². The molecule has 0 saturated heterocycles. The number of benzene rings is 2. The van der Waals surface area contributed by atoms with E-state index in [1.54, 1.807) is 60.7 Å². The van der Waals surface area contributed by atoms with Crippen molar-refractivity contribution in [3.05, 3.63) is 72.8 Å². The van der Waals surface area contributed by atoms with Gasteiger partial charge in [0, 0.05) is 0 Å². The Morgan fingerprint density at radius 1 is 0.656 bits per heavy atom. The predicted molar refractivity (Wildman–Crippen MR) is 121 cm³/mol. The molecule has 7 rings (SSSR count). The van der Waals surface area contributed by atoms with Gasteiger partial charge < -0.3 is 0 Å². The second-order valence-corrected chi connectivity index (χ2v) is 14.7. The third-order valence-electron chi connectivity index (χ3n) is 10.1. The Morgan fingerprint density at radius 3 is 1.47 bits per heavy atom. The molecule has 4 saturated carbocycles. The van der Waals surface area contributed by atoms with Gasteiger partial charge in [-0.25, -0.2) is 16.8 Å². The molecular formula is C26H26O4S2. The van der Waals surface area contributed by atoms with Crippen molar-refractivity contribution < 1.29 is 16.8 Å². The van der Waals surface area contributed by atoms with E-state index in [9.17, 15) is 16.8 Å². The molecule has 0 heterocycles. The van der Waals surface area contributed by atoms with Crippen molar-refractivity contribution in [3.63, 3.8) is 0 Å². The number of hydrogen-bond acceptors (Lipinski definition) is 4. The predicted octanol–water partition coefficient (Wildman–Crippen LogP) is 4.15. The molecule has 6 heteroatoms. The van der Waals surface area contributed by atoms with Crippen LogP contribution >= 0.6 is 0 Å². The zero-order valence-electron chi connectivity index (χ0n) is 17.8. The van der Waals surface area contributed by atoms with Crippen molar-refractivity contribution in [2.24, 2.45) is 40.4 Å². The molecular weight excluding hydrogens is 440 g/mol. The summed E-state index contributed by atoms with van der Waals surface area (Å²) in [4.78, 5) is 0.500. The first kappa shape index (κ1) is 19.5. The minimum Gasteiger partial charge on any atom is -0.223 e. The molecule has 2 aromatic rings. The van der Waals surface area contributed by atoms with Gasteiger partial charge in [-0.15, -0.1) is 0 Å². The maximum absolute atomic E-state index is 14.1. The zero-order chi connectivity index (χ0) is 22.1. The van der Waals surface area contributed by atoms with Gasteiger partial charge in [0.25, 0.3) is 0 Å². The largest absolute Gasteiger partial charge is 0.223 e. The molecule has 4 nitrogen and oxygen atoms in total. The highest BCUT2D eigenvalue weighted by molar-refractivity contribution is 7.96. The summed E-state index contributed by atoms with van der Waals surface area (Å²) in [5.41, 5.74) is -0.0708. The maximum atomic E-state index is 14.1. The van der Waals surface area contributed by atoms with Crippen molar-refractivity contribution in [1.82, 2.24) is 0 Å². The van der Waals surface area contributed by atoms with Crippen LogP contribution in [-0.4, -0.2) is 27.3 Å². The second kappa shape index (κ2) is 5.76. The fourth-order valence-electron chi connectivity index (χ4n) is 9.56. The molecule has 4 fully saturated rings. The summed E-state index contributed by atoms with van der Waals surface area (Å²) in [7, 11) is -7.61. The van der Waals surface area contributed by atoms with Gasteiger partial charge in [-0.2, -0.15) is 0 Å². The molecule has 2 aromatic carbocycles. The van der Waals surface area contributed by atoms with Gasteiger partial charge in [-0.3, -0.25) is 0 Å². The summed E-state index contributed by atoms with van der Waals surface area (Å²) in [6.07, 6.45) is 6.39. The Morgan fingerprint density at radius 2 is 1.06 bits per heavy atom. The third-order valence-corrected chi connectivity index (χ3v) is 14.8. The van der Waals surface area contributed by atoms with Crippen LogP contribution in [0.25, 0.3) is 0 Å². The van der Waals surface area contributed by atoms with Gasteiger partial charge in [0.1, 0.15) is 0 Å². The molecule has 32 heavy (non-hydrogen) atoms. The Balaban J connectivity index is 1.46. The Hall–Kier alpha value is -1.92. The van der Waals surface area contributed by atoms with Crippen LogP contribution in [0.3, 0.4) is 0 Å². The molecule has 5 aliphatic rings. The fourth-order valence-corrected chi connectivity index (χ4v) is 14.8. The normalized spacial score (nSPS) is 45.1. The number of sulfone groups is 2. The molecule has 9 atom stereocenters. The van der Waals surface area contributed by atoms with Gasteiger partial charge in [0.05, 0.1) is 20.3 Å². The lowest BCUT2D eigenvalue weighted by Gasteiger charge is -2.40. The highest BCUT2D eigenvalue weighted by Crippen LogP contribution is 2.96. The van der Waals surface area contributed by atoms with E-state index in [1.807, 2.05) is 0 Å². The van der Waals surface area contributed by atoms with Crippen molar-refractivity contribution in [2.45, 2.75) is 40.1 Å². The van der Waals surface area contributed by atoms with E-state index in [1.165, 1.54) is 0 Å². The molecule has 0 amide bonds. The highest BCUT2D eigenvalue weighted by atomic mass is 32.2. The third kappa shape index (κ3) is 1.83. The first-order valence-electron chi connectivity index (χ1n) is 11.6. The van der Waals surface area contributed by atoms with Gasteiger partial charge >= 0.3 is 0 Å². The lowest BCUT2D eigenvalue weighted by Crippen LogP contribution is -2.50. The maximum Gasteiger partial charge on any atom is 0.182 e. The molecule has 0 radical (unpaired) electrons. The van der Waals surface area contributed by atoms with Crippen LogP contribution in [0.2, 0.25) is 0 Å². The summed E-state index contributed by atoms with van der Waals surface area (Å²) in [5.74, 6) is 0.965. The van der Waals surface area contributed by atoms with Gasteiger partial charge in [0.2, 0.25) is 0 Å². The number of hydrogen-bond donors (Lipinski definition) is 0. The lowest BCUT2D eigenvalue weighted by molar-refractivity contribution is 0.209. The van der Waals surface area contributed by atoms with Gasteiger partial charge in [-0.1, -0.05) is 55.5 Å². The average molecular weight is 467 g/mol. The standard InChI is InChI=1S/C26H26O4S2/c1-16-25-17-12-13-18(14-17)26(16,25)22-15-21(25)23(31(27,28)19-8-4-2-5-9-19)24(22)32(29,30)20-10-6-3-7-11-20/h2-13,16-18,21-24H,14-15H2,1H3/t16?,17-,18-,21-,22-,23-,24+,25+,26-/m0/s1. The van der Waals surface area contributed by atoms with E-state index < -0.39 is 30.2 Å². The first-order chi connectivity index (χ1) is 15.3. The molecule has 5 aliphatic carbocycles. The summed E-state index contributed by atoms with van der Waals surface area (Å²) in [6, 6.07) is 17.0. The van der Waals surface area contributed by atoms with Crippen LogP contribution in [0.1, 0.15) is 19.8 Å². The zero-order valence-corrected chi connectivity index (χ0v) is 19.5. The van der Waals surface area contributed by atoms with Gasteiger partial charge in [-0.05, 0) is 77.5 Å². The summed E-state index contributed by atoms with van der Waals surface area (Å²) < 4.78 is 56.4. The van der Waals surface area contributed by atoms with Crippen molar-refractivity contribution in [1.29, 1.82) is 0 Å². The van der Waals surface area contributed by atoms with Crippen molar-refractivity contribution >= 4 is 19.7 Å². The quantitative estimate of drug-likeness (QED) is 0.635. The Kier molecular flexibility index (Phi) is 3.52. The average Bonchev–Trinajstić information content (AvgIpc) is 3.35. The van der Waals surface area contributed by atoms with E-state index in [4.69, 9.17) is 0 Å². The van der Waals surface area contributed by atoms with Crippen LogP contribution < -0.4 is 0 Å². The second-order valence-electron chi connectivity index (χ2n) is 10.5.